The Hall–Kier alpha value is -0.520. The summed E-state index contributed by atoms with van der Waals surface area (Å²) in [4.78, 5) is 16.6. The van der Waals surface area contributed by atoms with Crippen LogP contribution in [0.15, 0.2) is 27.1 Å². The zero-order valence-electron chi connectivity index (χ0n) is 9.25. The Morgan fingerprint density at radius 2 is 2.00 bits per heavy atom. The maximum absolute atomic E-state index is 11.4. The van der Waals surface area contributed by atoms with Crippen LogP contribution < -0.4 is 0 Å². The molecule has 2 aromatic rings. The number of carbonyl (C=O) groups is 1. The Balaban J connectivity index is 2.50. The van der Waals surface area contributed by atoms with Gasteiger partial charge in [0, 0.05) is 21.4 Å². The SMILES string of the molecule is CC(=O)c1sc(-c2ccc(Br)c(Br)c2)nc1C. The summed E-state index contributed by atoms with van der Waals surface area (Å²) in [6, 6.07) is 5.94. The number of benzene rings is 1. The van der Waals surface area contributed by atoms with Crippen LogP contribution in [0.3, 0.4) is 0 Å². The van der Waals surface area contributed by atoms with Crippen molar-refractivity contribution in [3.8, 4) is 10.6 Å². The smallest absolute Gasteiger partial charge is 0.171 e. The Bertz CT molecular complexity index is 592. The Morgan fingerprint density at radius 1 is 1.29 bits per heavy atom. The van der Waals surface area contributed by atoms with Gasteiger partial charge in [0.2, 0.25) is 0 Å². The maximum atomic E-state index is 11.4. The molecule has 0 radical (unpaired) electrons. The fraction of sp³-hybridized carbons (Fsp3) is 0.167. The minimum absolute atomic E-state index is 0.0717. The number of Topliss-reactive ketones (excluding diaryl/α,β-unsaturated/α-hetero) is 1. The van der Waals surface area contributed by atoms with Crippen LogP contribution in [-0.4, -0.2) is 10.8 Å². The molecule has 0 atom stereocenters. The summed E-state index contributed by atoms with van der Waals surface area (Å²) >= 11 is 8.33. The molecule has 5 heteroatoms. The van der Waals surface area contributed by atoms with Gasteiger partial charge in [-0.05, 0) is 50.9 Å². The third kappa shape index (κ3) is 2.67. The van der Waals surface area contributed by atoms with Gasteiger partial charge in [-0.1, -0.05) is 6.07 Å². The first kappa shape index (κ1) is 12.9. The third-order valence-corrected chi connectivity index (χ3v) is 5.47. The number of halogens is 2. The highest BCUT2D eigenvalue weighted by Crippen LogP contribution is 2.32. The first-order chi connectivity index (χ1) is 7.99. The number of nitrogens with zero attached hydrogens (tertiary/aromatic N) is 1. The molecule has 88 valence electrons. The number of aryl methyl sites for hydroxylation is 1. The van der Waals surface area contributed by atoms with E-state index in [0.29, 0.717) is 0 Å². The van der Waals surface area contributed by atoms with E-state index in [2.05, 4.69) is 36.8 Å². The molecule has 0 N–H and O–H groups in total. The highest BCUT2D eigenvalue weighted by atomic mass is 79.9. The minimum atomic E-state index is 0.0717. The fourth-order valence-electron chi connectivity index (χ4n) is 1.48. The molecule has 0 aliphatic heterocycles. The van der Waals surface area contributed by atoms with E-state index in [1.165, 1.54) is 11.3 Å². The number of carbonyl (C=O) groups excluding carboxylic acids is 1. The Labute approximate surface area is 120 Å². The van der Waals surface area contributed by atoms with Gasteiger partial charge >= 0.3 is 0 Å². The molecule has 0 fully saturated rings. The van der Waals surface area contributed by atoms with Crippen LogP contribution in [-0.2, 0) is 0 Å². The summed E-state index contributed by atoms with van der Waals surface area (Å²) in [7, 11) is 0. The summed E-state index contributed by atoms with van der Waals surface area (Å²) in [6.45, 7) is 3.44. The van der Waals surface area contributed by atoms with Gasteiger partial charge in [-0.15, -0.1) is 11.3 Å². The van der Waals surface area contributed by atoms with Gasteiger partial charge in [0.1, 0.15) is 5.01 Å². The molecule has 0 unspecified atom stereocenters. The number of hydrogen-bond donors (Lipinski definition) is 0. The van der Waals surface area contributed by atoms with Crippen molar-refractivity contribution in [3.05, 3.63) is 37.7 Å². The quantitative estimate of drug-likeness (QED) is 0.703. The molecule has 0 spiro atoms. The first-order valence-corrected chi connectivity index (χ1v) is 7.33. The van der Waals surface area contributed by atoms with E-state index in [9.17, 15) is 4.79 Å². The van der Waals surface area contributed by atoms with Crippen molar-refractivity contribution in [1.29, 1.82) is 0 Å². The Morgan fingerprint density at radius 3 is 2.53 bits per heavy atom. The molecule has 1 aromatic heterocycles. The summed E-state index contributed by atoms with van der Waals surface area (Å²) in [6.07, 6.45) is 0. The van der Waals surface area contributed by atoms with Crippen LogP contribution in [0, 0.1) is 6.92 Å². The zero-order chi connectivity index (χ0) is 12.6. The molecule has 1 aromatic carbocycles. The van der Waals surface area contributed by atoms with Gasteiger partial charge in [0.15, 0.2) is 5.78 Å². The molecule has 0 bridgehead atoms. The fourth-order valence-corrected chi connectivity index (χ4v) is 3.06. The second-order valence-corrected chi connectivity index (χ2v) is 6.33. The molecule has 0 aliphatic carbocycles. The van der Waals surface area contributed by atoms with Crippen LogP contribution in [0.2, 0.25) is 0 Å². The average Bonchev–Trinajstić information content (AvgIpc) is 2.64. The summed E-state index contributed by atoms with van der Waals surface area (Å²) in [5.41, 5.74) is 1.82. The number of rotatable bonds is 2. The lowest BCUT2D eigenvalue weighted by Gasteiger charge is -1.99. The molecule has 0 saturated carbocycles. The van der Waals surface area contributed by atoms with Gasteiger partial charge in [-0.3, -0.25) is 4.79 Å². The molecular formula is C12H9Br2NOS. The first-order valence-electron chi connectivity index (χ1n) is 4.93. The molecular weight excluding hydrogens is 366 g/mol. The normalized spacial score (nSPS) is 10.6. The Kier molecular flexibility index (Phi) is 3.80. The monoisotopic (exact) mass is 373 g/mol. The number of hydrogen-bond acceptors (Lipinski definition) is 3. The lowest BCUT2D eigenvalue weighted by atomic mass is 10.2. The van der Waals surface area contributed by atoms with E-state index >= 15 is 0 Å². The molecule has 0 saturated heterocycles. The van der Waals surface area contributed by atoms with Crippen molar-refractivity contribution in [1.82, 2.24) is 4.98 Å². The lowest BCUT2D eigenvalue weighted by molar-refractivity contribution is 0.102. The van der Waals surface area contributed by atoms with E-state index < -0.39 is 0 Å². The van der Waals surface area contributed by atoms with Gasteiger partial charge in [-0.25, -0.2) is 4.98 Å². The minimum Gasteiger partial charge on any atom is -0.294 e. The van der Waals surface area contributed by atoms with Gasteiger partial charge < -0.3 is 0 Å². The third-order valence-electron chi connectivity index (χ3n) is 2.28. The number of aromatic nitrogens is 1. The highest BCUT2D eigenvalue weighted by molar-refractivity contribution is 9.13. The molecule has 0 amide bonds. The lowest BCUT2D eigenvalue weighted by Crippen LogP contribution is -1.89. The largest absolute Gasteiger partial charge is 0.294 e. The van der Waals surface area contributed by atoms with Crippen LogP contribution in [0.4, 0.5) is 0 Å². The van der Waals surface area contributed by atoms with E-state index in [1.54, 1.807) is 6.92 Å². The molecule has 2 rings (SSSR count). The van der Waals surface area contributed by atoms with Crippen LogP contribution in [0.25, 0.3) is 10.6 Å². The van der Waals surface area contributed by atoms with Crippen molar-refractivity contribution in [2.24, 2.45) is 0 Å². The molecule has 1 heterocycles. The van der Waals surface area contributed by atoms with E-state index in [1.807, 2.05) is 25.1 Å². The highest BCUT2D eigenvalue weighted by Gasteiger charge is 2.13. The van der Waals surface area contributed by atoms with Gasteiger partial charge in [-0.2, -0.15) is 0 Å². The van der Waals surface area contributed by atoms with Crippen LogP contribution in [0.5, 0.6) is 0 Å². The maximum Gasteiger partial charge on any atom is 0.171 e. The van der Waals surface area contributed by atoms with E-state index in [0.717, 1.165) is 30.1 Å². The van der Waals surface area contributed by atoms with Crippen molar-refractivity contribution in [3.63, 3.8) is 0 Å². The summed E-state index contributed by atoms with van der Waals surface area (Å²) in [5.74, 6) is 0.0717. The number of thiazole rings is 1. The van der Waals surface area contributed by atoms with Gasteiger partial charge in [0.25, 0.3) is 0 Å². The van der Waals surface area contributed by atoms with Crippen molar-refractivity contribution in [2.45, 2.75) is 13.8 Å². The second-order valence-electron chi connectivity index (χ2n) is 3.62. The van der Waals surface area contributed by atoms with Crippen molar-refractivity contribution in [2.75, 3.05) is 0 Å². The summed E-state index contributed by atoms with van der Waals surface area (Å²) in [5, 5.41) is 0.876. The predicted molar refractivity (Wildman–Crippen MR) is 77.7 cm³/mol. The van der Waals surface area contributed by atoms with Crippen molar-refractivity contribution < 1.29 is 4.79 Å². The standard InChI is InChI=1S/C12H9Br2NOS/c1-6-11(7(2)16)17-12(15-6)8-3-4-9(13)10(14)5-8/h3-5H,1-2H3. The van der Waals surface area contributed by atoms with Gasteiger partial charge in [0.05, 0.1) is 10.6 Å². The zero-order valence-corrected chi connectivity index (χ0v) is 13.2. The second kappa shape index (κ2) is 5.00. The number of ketones is 1. The molecule has 2 nitrogen and oxygen atoms in total. The van der Waals surface area contributed by atoms with Crippen molar-refractivity contribution >= 4 is 49.0 Å². The topological polar surface area (TPSA) is 30.0 Å². The molecule has 17 heavy (non-hydrogen) atoms. The summed E-state index contributed by atoms with van der Waals surface area (Å²) < 4.78 is 1.98. The van der Waals surface area contributed by atoms with Crippen LogP contribution >= 0.6 is 43.2 Å². The molecule has 0 aliphatic rings. The van der Waals surface area contributed by atoms with E-state index in [-0.39, 0.29) is 5.78 Å². The van der Waals surface area contributed by atoms with Crippen LogP contribution in [0.1, 0.15) is 22.3 Å². The average molecular weight is 375 g/mol. The predicted octanol–water partition coefficient (Wildman–Crippen LogP) is 4.85. The van der Waals surface area contributed by atoms with E-state index in [4.69, 9.17) is 0 Å².